The van der Waals surface area contributed by atoms with Crippen LogP contribution >= 0.6 is 11.6 Å². The maximum atomic E-state index is 12.4. The molecule has 6 nitrogen and oxygen atoms in total. The molecule has 0 bridgehead atoms. The molecule has 20 heavy (non-hydrogen) atoms. The van der Waals surface area contributed by atoms with Crippen molar-refractivity contribution in [1.29, 1.82) is 0 Å². The summed E-state index contributed by atoms with van der Waals surface area (Å²) < 4.78 is 1.61. The largest absolute Gasteiger partial charge is 0.363 e. The Morgan fingerprint density at radius 1 is 1.45 bits per heavy atom. The fourth-order valence-corrected chi connectivity index (χ4v) is 2.51. The number of benzene rings is 1. The van der Waals surface area contributed by atoms with Crippen LogP contribution in [0, 0.1) is 0 Å². The van der Waals surface area contributed by atoms with E-state index in [0.717, 1.165) is 5.69 Å². The Kier molecular flexibility index (Phi) is 2.76. The number of halogens is 1. The first kappa shape index (κ1) is 12.7. The second-order valence-corrected chi connectivity index (χ2v) is 5.03. The number of fused-ring (bicyclic) bond motifs is 3. The first-order valence-electron chi connectivity index (χ1n) is 5.91. The zero-order valence-electron chi connectivity index (χ0n) is 10.6. The van der Waals surface area contributed by atoms with Gasteiger partial charge < -0.3 is 10.6 Å². The predicted octanol–water partition coefficient (Wildman–Crippen LogP) is 1.21. The van der Waals surface area contributed by atoms with Gasteiger partial charge >= 0.3 is 0 Å². The average molecular weight is 291 g/mol. The third-order valence-corrected chi connectivity index (χ3v) is 3.47. The summed E-state index contributed by atoms with van der Waals surface area (Å²) in [5, 5.41) is 0.453. The molecular formula is C13H11ClN4O2. The zero-order chi connectivity index (χ0) is 14.4. The molecule has 0 atom stereocenters. The minimum Gasteiger partial charge on any atom is -0.363 e. The highest BCUT2D eigenvalue weighted by atomic mass is 35.5. The Labute approximate surface area is 119 Å². The van der Waals surface area contributed by atoms with Gasteiger partial charge in [0.05, 0.1) is 29.7 Å². The molecule has 0 aliphatic carbocycles. The molecule has 1 aliphatic rings. The van der Waals surface area contributed by atoms with Gasteiger partial charge in [-0.1, -0.05) is 11.6 Å². The lowest BCUT2D eigenvalue weighted by atomic mass is 10.1. The number of amides is 2. The molecule has 2 amide bonds. The number of nitrogens with zero attached hydrogens (tertiary/aromatic N) is 3. The quantitative estimate of drug-likeness (QED) is 0.857. The van der Waals surface area contributed by atoms with Gasteiger partial charge in [-0.25, -0.2) is 4.98 Å². The summed E-state index contributed by atoms with van der Waals surface area (Å²) >= 11 is 5.96. The van der Waals surface area contributed by atoms with Gasteiger partial charge in [0.1, 0.15) is 0 Å². The molecule has 0 unspecified atom stereocenters. The summed E-state index contributed by atoms with van der Waals surface area (Å²) in [6, 6.07) is 4.93. The van der Waals surface area contributed by atoms with Gasteiger partial charge in [0, 0.05) is 12.1 Å². The van der Waals surface area contributed by atoms with Gasteiger partial charge in [0.15, 0.2) is 0 Å². The second kappa shape index (κ2) is 4.35. The van der Waals surface area contributed by atoms with Crippen molar-refractivity contribution in [3.63, 3.8) is 0 Å². The van der Waals surface area contributed by atoms with E-state index in [2.05, 4.69) is 4.98 Å². The van der Waals surface area contributed by atoms with E-state index < -0.39 is 5.91 Å². The Bertz CT molecular complexity index is 738. The van der Waals surface area contributed by atoms with Crippen molar-refractivity contribution >= 4 is 23.4 Å². The van der Waals surface area contributed by atoms with Crippen LogP contribution in [-0.2, 0) is 6.54 Å². The number of hydrogen-bond acceptors (Lipinski definition) is 3. The van der Waals surface area contributed by atoms with Crippen LogP contribution in [0.5, 0.6) is 0 Å². The topological polar surface area (TPSA) is 81.2 Å². The van der Waals surface area contributed by atoms with Crippen LogP contribution in [-0.4, -0.2) is 33.3 Å². The van der Waals surface area contributed by atoms with Crippen LogP contribution in [0.2, 0.25) is 5.02 Å². The van der Waals surface area contributed by atoms with Crippen molar-refractivity contribution in [2.45, 2.75) is 6.54 Å². The highest BCUT2D eigenvalue weighted by Gasteiger charge is 2.27. The third-order valence-electron chi connectivity index (χ3n) is 3.23. The predicted molar refractivity (Wildman–Crippen MR) is 72.9 cm³/mol. The van der Waals surface area contributed by atoms with Gasteiger partial charge in [-0.2, -0.15) is 0 Å². The molecule has 0 saturated carbocycles. The van der Waals surface area contributed by atoms with E-state index in [0.29, 0.717) is 22.8 Å². The fraction of sp³-hybridized carbons (Fsp3) is 0.154. The summed E-state index contributed by atoms with van der Waals surface area (Å²) in [7, 11) is 1.68. The van der Waals surface area contributed by atoms with Crippen LogP contribution in [0.25, 0.3) is 5.69 Å². The maximum Gasteiger partial charge on any atom is 0.285 e. The number of imidazole rings is 1. The molecule has 0 saturated heterocycles. The number of aromatic nitrogens is 2. The lowest BCUT2D eigenvalue weighted by Gasteiger charge is -2.13. The molecule has 0 radical (unpaired) electrons. The van der Waals surface area contributed by atoms with E-state index in [1.807, 2.05) is 0 Å². The summed E-state index contributed by atoms with van der Waals surface area (Å²) in [6.45, 7) is 0.339. The van der Waals surface area contributed by atoms with Crippen LogP contribution in [0.1, 0.15) is 26.7 Å². The van der Waals surface area contributed by atoms with Crippen molar-refractivity contribution < 1.29 is 9.59 Å². The molecule has 0 spiro atoms. The SMILES string of the molecule is CN1Cc2cnc(C(N)=O)n2-c2ccc(Cl)cc2C1=O. The van der Waals surface area contributed by atoms with E-state index in [1.54, 1.807) is 40.9 Å². The molecule has 0 fully saturated rings. The van der Waals surface area contributed by atoms with Crippen LogP contribution in [0.15, 0.2) is 24.4 Å². The first-order chi connectivity index (χ1) is 9.49. The number of nitrogens with two attached hydrogens (primary N) is 1. The minimum absolute atomic E-state index is 0.103. The van der Waals surface area contributed by atoms with E-state index in [1.165, 1.54) is 0 Å². The van der Waals surface area contributed by atoms with Crippen molar-refractivity contribution in [2.75, 3.05) is 7.05 Å². The smallest absolute Gasteiger partial charge is 0.285 e. The second-order valence-electron chi connectivity index (χ2n) is 4.60. The Balaban J connectivity index is 2.36. The molecule has 2 heterocycles. The lowest BCUT2D eigenvalue weighted by Crippen LogP contribution is -2.24. The fourth-order valence-electron chi connectivity index (χ4n) is 2.34. The van der Waals surface area contributed by atoms with Gasteiger partial charge in [0.2, 0.25) is 5.82 Å². The highest BCUT2D eigenvalue weighted by Crippen LogP contribution is 2.27. The number of primary amides is 1. The van der Waals surface area contributed by atoms with Gasteiger partial charge in [0.25, 0.3) is 11.8 Å². The van der Waals surface area contributed by atoms with E-state index >= 15 is 0 Å². The molecular weight excluding hydrogens is 280 g/mol. The first-order valence-corrected chi connectivity index (χ1v) is 6.28. The molecule has 3 rings (SSSR count). The molecule has 1 aromatic heterocycles. The number of rotatable bonds is 1. The highest BCUT2D eigenvalue weighted by molar-refractivity contribution is 6.31. The summed E-state index contributed by atoms with van der Waals surface area (Å²) in [6.07, 6.45) is 1.55. The van der Waals surface area contributed by atoms with Gasteiger partial charge in [-0.15, -0.1) is 0 Å². The lowest BCUT2D eigenvalue weighted by molar-refractivity contribution is 0.0788. The molecule has 2 aromatic rings. The normalized spacial score (nSPS) is 13.7. The number of hydrogen-bond donors (Lipinski definition) is 1. The van der Waals surface area contributed by atoms with E-state index in [-0.39, 0.29) is 11.7 Å². The van der Waals surface area contributed by atoms with Crippen molar-refractivity contribution in [3.8, 4) is 5.69 Å². The summed E-state index contributed by atoms with van der Waals surface area (Å²) in [5.74, 6) is -0.706. The standard InChI is InChI=1S/C13H11ClN4O2/c1-17-6-8-5-16-12(11(15)19)18(8)10-3-2-7(14)4-9(10)13(17)20/h2-5H,6H2,1H3,(H2,15,19). The molecule has 7 heteroatoms. The third kappa shape index (κ3) is 1.77. The van der Waals surface area contributed by atoms with Crippen molar-refractivity contribution in [1.82, 2.24) is 14.5 Å². The van der Waals surface area contributed by atoms with Crippen molar-refractivity contribution in [3.05, 3.63) is 46.5 Å². The zero-order valence-corrected chi connectivity index (χ0v) is 11.4. The summed E-state index contributed by atoms with van der Waals surface area (Å²) in [4.78, 5) is 29.4. The molecule has 1 aromatic carbocycles. The molecule has 1 aliphatic heterocycles. The van der Waals surface area contributed by atoms with E-state index in [4.69, 9.17) is 17.3 Å². The molecule has 2 N–H and O–H groups in total. The summed E-state index contributed by atoms with van der Waals surface area (Å²) in [5.41, 5.74) is 7.04. The Hall–Kier alpha value is -2.34. The van der Waals surface area contributed by atoms with Crippen molar-refractivity contribution in [2.24, 2.45) is 5.73 Å². The van der Waals surface area contributed by atoms with Crippen LogP contribution < -0.4 is 5.73 Å². The minimum atomic E-state index is -0.644. The molecule has 102 valence electrons. The Morgan fingerprint density at radius 3 is 2.90 bits per heavy atom. The average Bonchev–Trinajstić information content (AvgIpc) is 2.77. The Morgan fingerprint density at radius 2 is 2.20 bits per heavy atom. The van der Waals surface area contributed by atoms with Gasteiger partial charge in [-0.05, 0) is 18.2 Å². The maximum absolute atomic E-state index is 12.4. The monoisotopic (exact) mass is 290 g/mol. The van der Waals surface area contributed by atoms with Crippen LogP contribution in [0.4, 0.5) is 0 Å². The van der Waals surface area contributed by atoms with Gasteiger partial charge in [-0.3, -0.25) is 14.2 Å². The number of carbonyl (C=O) groups is 2. The van der Waals surface area contributed by atoms with Crippen LogP contribution in [0.3, 0.4) is 0 Å². The van der Waals surface area contributed by atoms with E-state index in [9.17, 15) is 9.59 Å². The number of carbonyl (C=O) groups excluding carboxylic acids is 2.